The Balaban J connectivity index is 1.43. The van der Waals surface area contributed by atoms with Crippen molar-refractivity contribution < 1.29 is 13.9 Å². The molecule has 0 atom stereocenters. The van der Waals surface area contributed by atoms with Gasteiger partial charge in [-0.15, -0.1) is 0 Å². The molecule has 25 heavy (non-hydrogen) atoms. The summed E-state index contributed by atoms with van der Waals surface area (Å²) in [6, 6.07) is 3.63. The summed E-state index contributed by atoms with van der Waals surface area (Å²) in [4.78, 5) is 22.7. The van der Waals surface area contributed by atoms with Crippen molar-refractivity contribution in [1.29, 1.82) is 0 Å². The third-order valence-corrected chi connectivity index (χ3v) is 5.05. The van der Waals surface area contributed by atoms with E-state index in [9.17, 15) is 9.18 Å². The molecule has 1 aromatic rings. The van der Waals surface area contributed by atoms with Crippen molar-refractivity contribution in [3.63, 3.8) is 0 Å². The molecule has 1 amide bonds. The number of hydrogen-bond donors (Lipinski definition) is 0. The minimum absolute atomic E-state index is 0.0488. The fourth-order valence-corrected chi connectivity index (χ4v) is 3.40. The molecular weight excluding hydrogens is 323 g/mol. The number of halogens is 1. The summed E-state index contributed by atoms with van der Waals surface area (Å²) in [5.41, 5.74) is 0. The summed E-state index contributed by atoms with van der Waals surface area (Å²) in [6.07, 6.45) is 2.54. The number of piperazine rings is 1. The van der Waals surface area contributed by atoms with Crippen LogP contribution in [0.2, 0.25) is 0 Å². The largest absolute Gasteiger partial charge is 0.446 e. The van der Waals surface area contributed by atoms with Gasteiger partial charge in [0.2, 0.25) is 0 Å². The number of carbonyl (C=O) groups excluding carboxylic acids is 1. The van der Waals surface area contributed by atoms with E-state index < -0.39 is 0 Å². The summed E-state index contributed by atoms with van der Waals surface area (Å²) in [5, 5.41) is 0. The number of anilines is 1. The molecule has 0 unspecified atom stereocenters. The lowest BCUT2D eigenvalue weighted by molar-refractivity contribution is 0.0337. The molecule has 2 aliphatic rings. The van der Waals surface area contributed by atoms with Gasteiger partial charge < -0.3 is 14.5 Å². The maximum absolute atomic E-state index is 13.0. The highest BCUT2D eigenvalue weighted by molar-refractivity contribution is 5.68. The molecule has 2 fully saturated rings. The maximum Gasteiger partial charge on any atom is 0.410 e. The molecule has 3 heterocycles. The number of hydrogen-bond acceptors (Lipinski definition) is 5. The van der Waals surface area contributed by atoms with Crippen molar-refractivity contribution in [3.05, 3.63) is 24.1 Å². The van der Waals surface area contributed by atoms with E-state index in [1.54, 1.807) is 6.07 Å². The Morgan fingerprint density at radius 3 is 2.40 bits per heavy atom. The summed E-state index contributed by atoms with van der Waals surface area (Å²) >= 11 is 0. The zero-order chi connectivity index (χ0) is 17.8. The van der Waals surface area contributed by atoms with Gasteiger partial charge in [-0.2, -0.15) is 0 Å². The summed E-state index contributed by atoms with van der Waals surface area (Å²) in [5.74, 6) is 0.445. The molecular formula is C18H27FN4O2. The van der Waals surface area contributed by atoms with Gasteiger partial charge in [0.15, 0.2) is 0 Å². The molecule has 2 saturated heterocycles. The van der Waals surface area contributed by atoms with Gasteiger partial charge in [0.25, 0.3) is 0 Å². The Bertz CT molecular complexity index is 565. The van der Waals surface area contributed by atoms with Gasteiger partial charge in [-0.05, 0) is 26.0 Å². The Morgan fingerprint density at radius 2 is 1.84 bits per heavy atom. The Morgan fingerprint density at radius 1 is 1.16 bits per heavy atom. The van der Waals surface area contributed by atoms with Gasteiger partial charge >= 0.3 is 6.09 Å². The second-order valence-corrected chi connectivity index (χ2v) is 7.02. The van der Waals surface area contributed by atoms with Crippen LogP contribution in [0.5, 0.6) is 0 Å². The number of piperidine rings is 1. The van der Waals surface area contributed by atoms with Crippen molar-refractivity contribution >= 4 is 11.9 Å². The maximum atomic E-state index is 13.0. The number of amides is 1. The van der Waals surface area contributed by atoms with E-state index in [0.717, 1.165) is 57.9 Å². The molecule has 2 aliphatic heterocycles. The summed E-state index contributed by atoms with van der Waals surface area (Å²) < 4.78 is 18.6. The molecule has 0 saturated carbocycles. The van der Waals surface area contributed by atoms with Crippen molar-refractivity contribution in [2.24, 2.45) is 0 Å². The van der Waals surface area contributed by atoms with E-state index in [-0.39, 0.29) is 18.0 Å². The lowest BCUT2D eigenvalue weighted by atomic mass is 10.1. The van der Waals surface area contributed by atoms with E-state index in [0.29, 0.717) is 6.04 Å². The van der Waals surface area contributed by atoms with Crippen LogP contribution < -0.4 is 4.90 Å². The van der Waals surface area contributed by atoms with Crippen molar-refractivity contribution in [3.8, 4) is 0 Å². The van der Waals surface area contributed by atoms with Gasteiger partial charge in [0, 0.05) is 58.2 Å². The second-order valence-electron chi connectivity index (χ2n) is 7.02. The van der Waals surface area contributed by atoms with E-state index in [2.05, 4.69) is 28.6 Å². The summed E-state index contributed by atoms with van der Waals surface area (Å²) in [6.45, 7) is 9.15. The minimum atomic E-state index is -0.329. The molecule has 0 aromatic carbocycles. The smallest absolute Gasteiger partial charge is 0.410 e. The monoisotopic (exact) mass is 350 g/mol. The number of carbonyl (C=O) groups is 1. The standard InChI is InChI=1S/C18H27FN4O2/c1-14(2)21-9-11-23(12-10-21)18(24)25-16-5-7-22(8-6-16)17-4-3-15(19)13-20-17/h3-4,13-14,16H,5-12H2,1-2H3. The van der Waals surface area contributed by atoms with Gasteiger partial charge in [0.1, 0.15) is 17.7 Å². The molecule has 1 aromatic heterocycles. The fraction of sp³-hybridized carbons (Fsp3) is 0.667. The molecule has 7 heteroatoms. The Labute approximate surface area is 148 Å². The zero-order valence-corrected chi connectivity index (χ0v) is 15.0. The first-order valence-electron chi connectivity index (χ1n) is 9.09. The van der Waals surface area contributed by atoms with Gasteiger partial charge in [-0.1, -0.05) is 0 Å². The highest BCUT2D eigenvalue weighted by Crippen LogP contribution is 2.20. The molecule has 0 radical (unpaired) electrons. The predicted molar refractivity (Wildman–Crippen MR) is 94.2 cm³/mol. The number of pyridine rings is 1. The van der Waals surface area contributed by atoms with Crippen LogP contribution in [0, 0.1) is 5.82 Å². The van der Waals surface area contributed by atoms with Crippen LogP contribution in [-0.2, 0) is 4.74 Å². The number of aromatic nitrogens is 1. The van der Waals surface area contributed by atoms with Crippen molar-refractivity contribution in [2.45, 2.75) is 38.8 Å². The van der Waals surface area contributed by atoms with Crippen LogP contribution in [0.1, 0.15) is 26.7 Å². The fourth-order valence-electron chi connectivity index (χ4n) is 3.40. The van der Waals surface area contributed by atoms with Crippen molar-refractivity contribution in [2.75, 3.05) is 44.2 Å². The van der Waals surface area contributed by atoms with E-state index in [4.69, 9.17) is 4.74 Å². The van der Waals surface area contributed by atoms with Gasteiger partial charge in [0.05, 0.1) is 6.20 Å². The first kappa shape index (κ1) is 17.9. The average Bonchev–Trinajstić information content (AvgIpc) is 2.63. The lowest BCUT2D eigenvalue weighted by Crippen LogP contribution is -2.51. The highest BCUT2D eigenvalue weighted by Gasteiger charge is 2.28. The highest BCUT2D eigenvalue weighted by atomic mass is 19.1. The molecule has 6 nitrogen and oxygen atoms in total. The van der Waals surface area contributed by atoms with Crippen molar-refractivity contribution in [1.82, 2.24) is 14.8 Å². The molecule has 0 N–H and O–H groups in total. The number of ether oxygens (including phenoxy) is 1. The van der Waals surface area contributed by atoms with E-state index in [1.807, 2.05) is 4.90 Å². The average molecular weight is 350 g/mol. The third kappa shape index (κ3) is 4.60. The SMILES string of the molecule is CC(C)N1CCN(C(=O)OC2CCN(c3ccc(F)cn3)CC2)CC1. The molecule has 0 bridgehead atoms. The minimum Gasteiger partial charge on any atom is -0.446 e. The number of nitrogens with zero attached hydrogens (tertiary/aromatic N) is 4. The molecule has 0 spiro atoms. The quantitative estimate of drug-likeness (QED) is 0.838. The first-order valence-corrected chi connectivity index (χ1v) is 9.09. The Kier molecular flexibility index (Phi) is 5.73. The van der Waals surface area contributed by atoms with Crippen LogP contribution in [0.15, 0.2) is 18.3 Å². The third-order valence-electron chi connectivity index (χ3n) is 5.05. The molecule has 3 rings (SSSR count). The van der Waals surface area contributed by atoms with Crippen LogP contribution in [-0.4, -0.2) is 72.3 Å². The van der Waals surface area contributed by atoms with Crippen LogP contribution in [0.3, 0.4) is 0 Å². The predicted octanol–water partition coefficient (Wildman–Crippen LogP) is 2.35. The van der Waals surface area contributed by atoms with Crippen LogP contribution >= 0.6 is 0 Å². The molecule has 0 aliphatic carbocycles. The Hall–Kier alpha value is -1.89. The second kappa shape index (κ2) is 7.99. The lowest BCUT2D eigenvalue weighted by Gasteiger charge is -2.38. The normalized spacial score (nSPS) is 20.2. The topological polar surface area (TPSA) is 48.9 Å². The van der Waals surface area contributed by atoms with Gasteiger partial charge in [-0.25, -0.2) is 14.2 Å². The number of rotatable bonds is 3. The van der Waals surface area contributed by atoms with Gasteiger partial charge in [-0.3, -0.25) is 4.90 Å². The van der Waals surface area contributed by atoms with Crippen LogP contribution in [0.4, 0.5) is 15.0 Å². The zero-order valence-electron chi connectivity index (χ0n) is 15.0. The van der Waals surface area contributed by atoms with Crippen LogP contribution in [0.25, 0.3) is 0 Å². The summed E-state index contributed by atoms with van der Waals surface area (Å²) in [7, 11) is 0. The van der Waals surface area contributed by atoms with E-state index in [1.165, 1.54) is 12.3 Å². The molecule has 138 valence electrons. The first-order chi connectivity index (χ1) is 12.0. The van der Waals surface area contributed by atoms with E-state index >= 15 is 0 Å².